The molecule has 0 fully saturated rings. The molecule has 122 valence electrons. The van der Waals surface area contributed by atoms with E-state index in [1.807, 2.05) is 84.9 Å². The number of benzene rings is 3. The van der Waals surface area contributed by atoms with Gasteiger partial charge in [-0.3, -0.25) is 4.79 Å². The minimum absolute atomic E-state index is 0.0126. The number of hydrogen-bond acceptors (Lipinski definition) is 2. The summed E-state index contributed by atoms with van der Waals surface area (Å²) in [6.07, 6.45) is 1.51. The number of para-hydroxylation sites is 1. The molecule has 0 saturated carbocycles. The van der Waals surface area contributed by atoms with Crippen LogP contribution in [0.15, 0.2) is 88.9 Å². The van der Waals surface area contributed by atoms with Crippen molar-refractivity contribution in [2.24, 2.45) is 0 Å². The maximum Gasteiger partial charge on any atom is 0.196 e. The second kappa shape index (κ2) is 6.69. The Morgan fingerprint density at radius 1 is 0.840 bits per heavy atom. The molecular weight excluding hydrogens is 376 g/mol. The fraction of sp³-hybridized carbons (Fsp3) is 0.0455. The fourth-order valence-corrected chi connectivity index (χ4v) is 3.24. The molecule has 0 spiro atoms. The van der Waals surface area contributed by atoms with Gasteiger partial charge in [-0.1, -0.05) is 70.5 Å². The highest BCUT2D eigenvalue weighted by Crippen LogP contribution is 2.39. The third kappa shape index (κ3) is 3.15. The van der Waals surface area contributed by atoms with Crippen LogP contribution < -0.4 is 4.74 Å². The molecule has 0 aliphatic carbocycles. The minimum atomic E-state index is -0.410. The largest absolute Gasteiger partial charge is 0.480 e. The first kappa shape index (κ1) is 15.9. The minimum Gasteiger partial charge on any atom is -0.480 e. The highest BCUT2D eigenvalue weighted by atomic mass is 79.9. The van der Waals surface area contributed by atoms with E-state index < -0.39 is 6.10 Å². The lowest BCUT2D eigenvalue weighted by Gasteiger charge is -2.28. The van der Waals surface area contributed by atoms with Gasteiger partial charge in [0.05, 0.1) is 5.56 Å². The molecule has 1 aliphatic rings. The molecule has 3 aromatic rings. The summed E-state index contributed by atoms with van der Waals surface area (Å²) in [4.78, 5) is 13.1. The highest BCUT2D eigenvalue weighted by molar-refractivity contribution is 9.10. The van der Waals surface area contributed by atoms with Gasteiger partial charge in [-0.25, -0.2) is 0 Å². The lowest BCUT2D eigenvalue weighted by Crippen LogP contribution is -2.23. The van der Waals surface area contributed by atoms with E-state index in [1.165, 1.54) is 0 Å². The van der Waals surface area contributed by atoms with Crippen LogP contribution in [0.3, 0.4) is 0 Å². The van der Waals surface area contributed by atoms with Crippen LogP contribution in [0.2, 0.25) is 0 Å². The van der Waals surface area contributed by atoms with Crippen molar-refractivity contribution in [1.29, 1.82) is 0 Å². The smallest absolute Gasteiger partial charge is 0.196 e. The van der Waals surface area contributed by atoms with Gasteiger partial charge < -0.3 is 4.74 Å². The standard InChI is InChI=1S/C22H15BrO2/c23-17-12-10-15(11-13-17)14-19-21(24)18-8-4-5-9-20(18)25-22(19)16-6-2-1-3-7-16/h1-14,22H/b19-14+/t22-/m0/s1. The number of fused-ring (bicyclic) bond motifs is 1. The fourth-order valence-electron chi connectivity index (χ4n) is 2.98. The topological polar surface area (TPSA) is 26.3 Å². The van der Waals surface area contributed by atoms with Gasteiger partial charge in [0.15, 0.2) is 11.9 Å². The molecule has 0 amide bonds. The van der Waals surface area contributed by atoms with Gasteiger partial charge in [0.25, 0.3) is 0 Å². The van der Waals surface area contributed by atoms with Crippen molar-refractivity contribution in [3.8, 4) is 5.75 Å². The van der Waals surface area contributed by atoms with Gasteiger partial charge in [0, 0.05) is 10.0 Å². The molecule has 3 aromatic carbocycles. The molecule has 25 heavy (non-hydrogen) atoms. The molecule has 2 nitrogen and oxygen atoms in total. The molecule has 4 rings (SSSR count). The van der Waals surface area contributed by atoms with Crippen LogP contribution in [-0.2, 0) is 0 Å². The summed E-state index contributed by atoms with van der Waals surface area (Å²) in [5.41, 5.74) is 3.19. The monoisotopic (exact) mass is 390 g/mol. The van der Waals surface area contributed by atoms with E-state index in [-0.39, 0.29) is 5.78 Å². The van der Waals surface area contributed by atoms with Gasteiger partial charge in [-0.2, -0.15) is 0 Å². The number of ketones is 1. The van der Waals surface area contributed by atoms with E-state index in [1.54, 1.807) is 0 Å². The van der Waals surface area contributed by atoms with Gasteiger partial charge in [-0.15, -0.1) is 0 Å². The Labute approximate surface area is 154 Å². The van der Waals surface area contributed by atoms with Crippen LogP contribution in [0, 0.1) is 0 Å². The van der Waals surface area contributed by atoms with Crippen molar-refractivity contribution < 1.29 is 9.53 Å². The molecule has 3 heteroatoms. The number of Topliss-reactive ketones (excluding diaryl/α,β-unsaturated/α-hetero) is 1. The summed E-state index contributed by atoms with van der Waals surface area (Å²) in [5.74, 6) is 0.646. The number of hydrogen-bond donors (Lipinski definition) is 0. The molecule has 1 aliphatic heterocycles. The van der Waals surface area contributed by atoms with Crippen LogP contribution in [0.5, 0.6) is 5.75 Å². The first-order valence-electron chi connectivity index (χ1n) is 8.05. The summed E-state index contributed by atoms with van der Waals surface area (Å²) in [5, 5.41) is 0. The lowest BCUT2D eigenvalue weighted by atomic mass is 9.89. The second-order valence-corrected chi connectivity index (χ2v) is 6.80. The van der Waals surface area contributed by atoms with E-state index >= 15 is 0 Å². The van der Waals surface area contributed by atoms with Gasteiger partial charge in [-0.05, 0) is 41.5 Å². The highest BCUT2D eigenvalue weighted by Gasteiger charge is 2.32. The average molecular weight is 391 g/mol. The van der Waals surface area contributed by atoms with Crippen molar-refractivity contribution >= 4 is 27.8 Å². The normalized spacial score (nSPS) is 17.9. The summed E-state index contributed by atoms with van der Waals surface area (Å²) in [6.45, 7) is 0. The number of rotatable bonds is 2. The summed E-state index contributed by atoms with van der Waals surface area (Å²) >= 11 is 3.44. The predicted octanol–water partition coefficient (Wildman–Crippen LogP) is 5.85. The van der Waals surface area contributed by atoms with Crippen LogP contribution in [-0.4, -0.2) is 5.78 Å². The summed E-state index contributed by atoms with van der Waals surface area (Å²) in [6, 6.07) is 25.1. The number of halogens is 1. The third-order valence-electron chi connectivity index (χ3n) is 4.22. The van der Waals surface area contributed by atoms with E-state index in [0.29, 0.717) is 16.9 Å². The molecule has 0 aromatic heterocycles. The van der Waals surface area contributed by atoms with Crippen LogP contribution in [0.4, 0.5) is 0 Å². The Kier molecular flexibility index (Phi) is 4.24. The Morgan fingerprint density at radius 3 is 2.28 bits per heavy atom. The van der Waals surface area contributed by atoms with E-state index in [0.717, 1.165) is 15.6 Å². The number of carbonyl (C=O) groups excluding carboxylic acids is 1. The van der Waals surface area contributed by atoms with Crippen molar-refractivity contribution in [2.75, 3.05) is 0 Å². The zero-order chi connectivity index (χ0) is 17.2. The molecule has 0 bridgehead atoms. The molecule has 0 N–H and O–H groups in total. The average Bonchev–Trinajstić information content (AvgIpc) is 2.66. The second-order valence-electron chi connectivity index (χ2n) is 5.89. The maximum atomic E-state index is 13.1. The maximum absolute atomic E-state index is 13.1. The molecule has 0 unspecified atom stereocenters. The van der Waals surface area contributed by atoms with Crippen LogP contribution in [0.1, 0.15) is 27.6 Å². The number of carbonyl (C=O) groups is 1. The molecule has 1 heterocycles. The molecular formula is C22H15BrO2. The third-order valence-corrected chi connectivity index (χ3v) is 4.74. The van der Waals surface area contributed by atoms with E-state index in [2.05, 4.69) is 15.9 Å². The quantitative estimate of drug-likeness (QED) is 0.513. The van der Waals surface area contributed by atoms with Crippen LogP contribution >= 0.6 is 15.9 Å². The summed E-state index contributed by atoms with van der Waals surface area (Å²) in [7, 11) is 0. The Balaban J connectivity index is 1.85. The Bertz CT molecular complexity index is 943. The molecule has 0 saturated heterocycles. The van der Waals surface area contributed by atoms with E-state index in [9.17, 15) is 4.79 Å². The molecule has 1 atom stereocenters. The van der Waals surface area contributed by atoms with E-state index in [4.69, 9.17) is 4.74 Å². The number of ether oxygens (including phenoxy) is 1. The first-order chi connectivity index (χ1) is 12.2. The van der Waals surface area contributed by atoms with Gasteiger partial charge in [0.1, 0.15) is 5.75 Å². The molecule has 0 radical (unpaired) electrons. The van der Waals surface area contributed by atoms with Gasteiger partial charge in [0.2, 0.25) is 0 Å². The predicted molar refractivity (Wildman–Crippen MR) is 103 cm³/mol. The van der Waals surface area contributed by atoms with Crippen molar-refractivity contribution in [3.05, 3.63) is 106 Å². The summed E-state index contributed by atoms with van der Waals surface area (Å²) < 4.78 is 7.20. The Hall–Kier alpha value is -2.65. The van der Waals surface area contributed by atoms with Crippen molar-refractivity contribution in [2.45, 2.75) is 6.10 Å². The zero-order valence-corrected chi connectivity index (χ0v) is 14.9. The first-order valence-corrected chi connectivity index (χ1v) is 8.84. The van der Waals surface area contributed by atoms with Gasteiger partial charge >= 0.3 is 0 Å². The lowest BCUT2D eigenvalue weighted by molar-refractivity contribution is 0.0963. The van der Waals surface area contributed by atoms with Crippen molar-refractivity contribution in [3.63, 3.8) is 0 Å². The zero-order valence-electron chi connectivity index (χ0n) is 13.4. The van der Waals surface area contributed by atoms with Crippen LogP contribution in [0.25, 0.3) is 6.08 Å². The Morgan fingerprint density at radius 2 is 1.52 bits per heavy atom. The van der Waals surface area contributed by atoms with Crippen molar-refractivity contribution in [1.82, 2.24) is 0 Å². The SMILES string of the molecule is O=C1/C(=C\c2ccc(Br)cc2)[C@H](c2ccccc2)Oc2ccccc21.